The molecule has 6 heteroatoms. The monoisotopic (exact) mass is 358 g/mol. The first-order chi connectivity index (χ1) is 12.3. The number of rotatable bonds is 8. The summed E-state index contributed by atoms with van der Waals surface area (Å²) < 4.78 is 19.9. The Morgan fingerprint density at radius 2 is 2.08 bits per heavy atom. The molecule has 0 aromatic heterocycles. The maximum Gasteiger partial charge on any atom is 0.322 e. The maximum atomic E-state index is 14.4. The van der Waals surface area contributed by atoms with Gasteiger partial charge in [0, 0.05) is 29.6 Å². The van der Waals surface area contributed by atoms with Gasteiger partial charge in [-0.3, -0.25) is 4.79 Å². The van der Waals surface area contributed by atoms with Crippen molar-refractivity contribution in [3.05, 3.63) is 66.0 Å². The lowest BCUT2D eigenvalue weighted by molar-refractivity contribution is -0.138. The van der Waals surface area contributed by atoms with Crippen molar-refractivity contribution in [2.24, 2.45) is 5.73 Å². The van der Waals surface area contributed by atoms with Gasteiger partial charge < -0.3 is 20.5 Å². The van der Waals surface area contributed by atoms with Crippen molar-refractivity contribution in [1.82, 2.24) is 0 Å². The van der Waals surface area contributed by atoms with Crippen molar-refractivity contribution in [2.45, 2.75) is 19.9 Å². The van der Waals surface area contributed by atoms with Gasteiger partial charge >= 0.3 is 5.97 Å². The van der Waals surface area contributed by atoms with E-state index in [2.05, 4.69) is 6.58 Å². The fraction of sp³-hybridized carbons (Fsp3) is 0.250. The van der Waals surface area contributed by atoms with Crippen LogP contribution in [0.3, 0.4) is 0 Å². The summed E-state index contributed by atoms with van der Waals surface area (Å²) in [6.07, 6.45) is 0. The lowest BCUT2D eigenvalue weighted by Crippen LogP contribution is -2.42. The quantitative estimate of drug-likeness (QED) is 0.756. The Morgan fingerprint density at radius 1 is 1.35 bits per heavy atom. The molecule has 0 heterocycles. The molecule has 26 heavy (non-hydrogen) atoms. The maximum absolute atomic E-state index is 14.4. The lowest BCUT2D eigenvalue weighted by atomic mass is 10.1. The normalized spacial score (nSPS) is 11.7. The van der Waals surface area contributed by atoms with Gasteiger partial charge in [-0.15, -0.1) is 0 Å². The third-order valence-corrected chi connectivity index (χ3v) is 3.90. The topological polar surface area (TPSA) is 75.8 Å². The molecule has 2 aromatic carbocycles. The fourth-order valence-electron chi connectivity index (χ4n) is 2.55. The second-order valence-electron chi connectivity index (χ2n) is 5.92. The van der Waals surface area contributed by atoms with E-state index in [0.29, 0.717) is 23.7 Å². The van der Waals surface area contributed by atoms with E-state index in [-0.39, 0.29) is 12.1 Å². The molecule has 1 atom stereocenters. The minimum absolute atomic E-state index is 0.0585. The Kier molecular flexibility index (Phi) is 6.36. The predicted molar refractivity (Wildman–Crippen MR) is 101 cm³/mol. The van der Waals surface area contributed by atoms with E-state index in [4.69, 9.17) is 10.5 Å². The molecule has 0 spiro atoms. The molecule has 0 fully saturated rings. The second kappa shape index (κ2) is 8.49. The number of carboxylic acid groups (broad SMARTS) is 1. The van der Waals surface area contributed by atoms with Crippen LogP contribution in [0.1, 0.15) is 18.1 Å². The van der Waals surface area contributed by atoms with E-state index in [9.17, 15) is 14.3 Å². The smallest absolute Gasteiger partial charge is 0.322 e. The van der Waals surface area contributed by atoms with Gasteiger partial charge in [-0.1, -0.05) is 18.7 Å². The number of hydrogen-bond donors (Lipinski definition) is 2. The van der Waals surface area contributed by atoms with Crippen molar-refractivity contribution in [1.29, 1.82) is 0 Å². The van der Waals surface area contributed by atoms with Crippen molar-refractivity contribution in [3.8, 4) is 5.75 Å². The van der Waals surface area contributed by atoms with Gasteiger partial charge in [0.2, 0.25) is 0 Å². The van der Waals surface area contributed by atoms with E-state index in [1.165, 1.54) is 6.07 Å². The zero-order chi connectivity index (χ0) is 19.3. The van der Waals surface area contributed by atoms with Gasteiger partial charge in [-0.25, -0.2) is 4.39 Å². The van der Waals surface area contributed by atoms with Gasteiger partial charge in [-0.2, -0.15) is 0 Å². The first-order valence-electron chi connectivity index (χ1n) is 8.27. The number of benzene rings is 2. The molecule has 0 aliphatic rings. The zero-order valence-corrected chi connectivity index (χ0v) is 14.9. The van der Waals surface area contributed by atoms with Crippen LogP contribution in [0.5, 0.6) is 5.75 Å². The highest BCUT2D eigenvalue weighted by Crippen LogP contribution is 2.29. The number of nitrogens with two attached hydrogens (primary N) is 1. The molecule has 0 saturated carbocycles. The summed E-state index contributed by atoms with van der Waals surface area (Å²) in [5.74, 6) is -0.950. The van der Waals surface area contributed by atoms with Crippen molar-refractivity contribution in [2.75, 3.05) is 18.1 Å². The van der Waals surface area contributed by atoms with Crippen LogP contribution in [-0.4, -0.2) is 30.3 Å². The minimum Gasteiger partial charge on any atom is -0.494 e. The summed E-state index contributed by atoms with van der Waals surface area (Å²) in [5.41, 5.74) is 7.74. The van der Waals surface area contributed by atoms with E-state index < -0.39 is 17.8 Å². The number of ether oxygens (including phenoxy) is 1. The van der Waals surface area contributed by atoms with Crippen LogP contribution >= 0.6 is 0 Å². The molecule has 0 amide bonds. The standard InChI is InChI=1S/C20H23FN2O3/c1-4-26-16-7-5-6-15(11-16)23(12-19(22)20(24)25)14(3)17-9-8-13(2)10-18(17)21/h5-11,19H,3-4,12,22H2,1-2H3,(H,24,25). The zero-order valence-electron chi connectivity index (χ0n) is 14.9. The highest BCUT2D eigenvalue weighted by atomic mass is 19.1. The highest BCUT2D eigenvalue weighted by molar-refractivity contribution is 5.81. The summed E-state index contributed by atoms with van der Waals surface area (Å²) in [6.45, 7) is 8.07. The molecule has 5 nitrogen and oxygen atoms in total. The Labute approximate surface area is 152 Å². The predicted octanol–water partition coefficient (Wildman–Crippen LogP) is 3.42. The summed E-state index contributed by atoms with van der Waals surface area (Å²) >= 11 is 0. The van der Waals surface area contributed by atoms with E-state index >= 15 is 0 Å². The van der Waals surface area contributed by atoms with Crippen molar-refractivity contribution in [3.63, 3.8) is 0 Å². The summed E-state index contributed by atoms with van der Waals surface area (Å²) in [7, 11) is 0. The van der Waals surface area contributed by atoms with Gasteiger partial charge in [0.1, 0.15) is 17.6 Å². The average Bonchev–Trinajstić information content (AvgIpc) is 2.59. The third-order valence-electron chi connectivity index (χ3n) is 3.90. The van der Waals surface area contributed by atoms with Crippen LogP contribution < -0.4 is 15.4 Å². The van der Waals surface area contributed by atoms with Crippen LogP contribution in [0.15, 0.2) is 49.0 Å². The second-order valence-corrected chi connectivity index (χ2v) is 5.92. The van der Waals surface area contributed by atoms with Crippen molar-refractivity contribution >= 4 is 17.4 Å². The Morgan fingerprint density at radius 3 is 2.69 bits per heavy atom. The Hall–Kier alpha value is -2.86. The lowest BCUT2D eigenvalue weighted by Gasteiger charge is -2.29. The molecule has 0 bridgehead atoms. The average molecular weight is 358 g/mol. The third kappa shape index (κ3) is 4.61. The number of carboxylic acids is 1. The number of nitrogens with zero attached hydrogens (tertiary/aromatic N) is 1. The number of halogens is 1. The molecule has 1 unspecified atom stereocenters. The molecular weight excluding hydrogens is 335 g/mol. The van der Waals surface area contributed by atoms with Gasteiger partial charge in [-0.05, 0) is 43.7 Å². The van der Waals surface area contributed by atoms with E-state index in [0.717, 1.165) is 5.56 Å². The van der Waals surface area contributed by atoms with Crippen LogP contribution in [-0.2, 0) is 4.79 Å². The molecule has 0 aliphatic carbocycles. The van der Waals surface area contributed by atoms with Crippen LogP contribution in [0.4, 0.5) is 10.1 Å². The summed E-state index contributed by atoms with van der Waals surface area (Å²) in [4.78, 5) is 12.8. The number of hydrogen-bond acceptors (Lipinski definition) is 4. The number of carbonyl (C=O) groups is 1. The molecule has 0 aliphatic heterocycles. The van der Waals surface area contributed by atoms with Gasteiger partial charge in [0.05, 0.1) is 6.61 Å². The molecule has 2 rings (SSSR count). The van der Waals surface area contributed by atoms with Gasteiger partial charge in [0.25, 0.3) is 0 Å². The van der Waals surface area contributed by atoms with E-state index in [1.807, 2.05) is 6.92 Å². The first kappa shape index (κ1) is 19.5. The fourth-order valence-corrected chi connectivity index (χ4v) is 2.55. The molecule has 0 radical (unpaired) electrons. The van der Waals surface area contributed by atoms with Crippen molar-refractivity contribution < 1.29 is 19.0 Å². The largest absolute Gasteiger partial charge is 0.494 e. The van der Waals surface area contributed by atoms with Crippen LogP contribution in [0.25, 0.3) is 5.70 Å². The minimum atomic E-state index is -1.16. The van der Waals surface area contributed by atoms with Crippen LogP contribution in [0.2, 0.25) is 0 Å². The molecule has 3 N–H and O–H groups in total. The first-order valence-corrected chi connectivity index (χ1v) is 8.27. The SMILES string of the molecule is C=C(c1ccc(C)cc1F)N(CC(N)C(=O)O)c1cccc(OCC)c1. The molecule has 0 saturated heterocycles. The number of aliphatic carboxylic acids is 1. The Balaban J connectivity index is 2.44. The Bertz CT molecular complexity index is 807. The van der Waals surface area contributed by atoms with Crippen LogP contribution in [0, 0.1) is 12.7 Å². The molecular formula is C20H23FN2O3. The van der Waals surface area contributed by atoms with Gasteiger partial charge in [0.15, 0.2) is 0 Å². The number of aryl methyl sites for hydroxylation is 1. The van der Waals surface area contributed by atoms with E-state index in [1.54, 1.807) is 48.2 Å². The highest BCUT2D eigenvalue weighted by Gasteiger charge is 2.22. The summed E-state index contributed by atoms with van der Waals surface area (Å²) in [5, 5.41) is 9.18. The molecule has 138 valence electrons. The number of anilines is 1. The molecule has 2 aromatic rings. The summed E-state index contributed by atoms with van der Waals surface area (Å²) in [6, 6.07) is 10.7.